The molecule has 0 aliphatic carbocycles. The van der Waals surface area contributed by atoms with Crippen LogP contribution in [0.4, 0.5) is 4.79 Å². The highest BCUT2D eigenvalue weighted by Gasteiger charge is 2.43. The molecule has 0 spiro atoms. The number of phosphoric acid groups is 1. The van der Waals surface area contributed by atoms with E-state index in [2.05, 4.69) is 15.2 Å². The largest absolute Gasteiger partial charge is 0.469 e. The SMILES string of the molecule is NCCCCCCNC(=O)/C=C/C1=CN([C@H]2CC(OP(=O)(O)O)[C@@H](CO)O2)C(=O)NC1N. The summed E-state index contributed by atoms with van der Waals surface area (Å²) in [6, 6.07) is -0.602. The summed E-state index contributed by atoms with van der Waals surface area (Å²) < 4.78 is 21.3. The van der Waals surface area contributed by atoms with Gasteiger partial charge in [0.25, 0.3) is 0 Å². The second kappa shape index (κ2) is 12.4. The van der Waals surface area contributed by atoms with E-state index >= 15 is 0 Å². The minimum atomic E-state index is -4.82. The first-order valence-electron chi connectivity index (χ1n) is 10.4. The molecule has 2 aliphatic heterocycles. The van der Waals surface area contributed by atoms with Crippen LogP contribution in [0.25, 0.3) is 0 Å². The van der Waals surface area contributed by atoms with Crippen molar-refractivity contribution in [1.29, 1.82) is 0 Å². The number of hydrogen-bond acceptors (Lipinski definition) is 8. The Kier molecular flexibility index (Phi) is 10.3. The van der Waals surface area contributed by atoms with E-state index in [1.807, 2.05) is 0 Å². The van der Waals surface area contributed by atoms with Crippen molar-refractivity contribution in [2.24, 2.45) is 11.5 Å². The van der Waals surface area contributed by atoms with Gasteiger partial charge >= 0.3 is 13.9 Å². The number of nitrogens with zero attached hydrogens (tertiary/aromatic N) is 1. The first kappa shape index (κ1) is 26.4. The number of rotatable bonds is 12. The van der Waals surface area contributed by atoms with Crippen LogP contribution in [0.2, 0.25) is 0 Å². The fourth-order valence-corrected chi connectivity index (χ4v) is 3.91. The average molecular weight is 477 g/mol. The maximum absolute atomic E-state index is 12.4. The summed E-state index contributed by atoms with van der Waals surface area (Å²) in [4.78, 5) is 43.6. The molecule has 0 radical (unpaired) electrons. The van der Waals surface area contributed by atoms with Crippen molar-refractivity contribution in [3.63, 3.8) is 0 Å². The lowest BCUT2D eigenvalue weighted by Crippen LogP contribution is -2.54. The number of carbonyl (C=O) groups is 2. The van der Waals surface area contributed by atoms with Crippen LogP contribution in [-0.4, -0.2) is 76.0 Å². The van der Waals surface area contributed by atoms with Crippen LogP contribution in [0.15, 0.2) is 23.9 Å². The summed E-state index contributed by atoms with van der Waals surface area (Å²) >= 11 is 0. The average Bonchev–Trinajstić information content (AvgIpc) is 3.10. The Labute approximate surface area is 186 Å². The van der Waals surface area contributed by atoms with Crippen LogP contribution in [0.5, 0.6) is 0 Å². The van der Waals surface area contributed by atoms with Gasteiger partial charge in [-0.15, -0.1) is 0 Å². The zero-order chi connectivity index (χ0) is 23.7. The van der Waals surface area contributed by atoms with E-state index in [0.717, 1.165) is 30.6 Å². The normalized spacial score (nSPS) is 26.3. The van der Waals surface area contributed by atoms with Gasteiger partial charge in [-0.3, -0.25) is 14.2 Å². The third-order valence-electron chi connectivity index (χ3n) is 4.96. The molecule has 2 heterocycles. The third-order valence-corrected chi connectivity index (χ3v) is 5.51. The highest BCUT2D eigenvalue weighted by atomic mass is 31.2. The van der Waals surface area contributed by atoms with Gasteiger partial charge in [0.05, 0.1) is 6.61 Å². The molecule has 9 N–H and O–H groups in total. The van der Waals surface area contributed by atoms with Gasteiger partial charge in [0.15, 0.2) is 0 Å². The molecule has 2 unspecified atom stereocenters. The summed E-state index contributed by atoms with van der Waals surface area (Å²) in [6.07, 6.45) is 3.88. The molecule has 2 aliphatic rings. The number of nitrogens with one attached hydrogen (secondary N) is 2. The Balaban J connectivity index is 1.97. The Bertz CT molecular complexity index is 758. The number of carbonyl (C=O) groups excluding carboxylic acids is 2. The molecule has 14 heteroatoms. The smallest absolute Gasteiger partial charge is 0.394 e. The number of aliphatic hydroxyl groups is 1. The lowest BCUT2D eigenvalue weighted by Gasteiger charge is -2.32. The molecule has 182 valence electrons. The maximum Gasteiger partial charge on any atom is 0.469 e. The van der Waals surface area contributed by atoms with E-state index in [9.17, 15) is 19.3 Å². The van der Waals surface area contributed by atoms with Crippen molar-refractivity contribution in [1.82, 2.24) is 15.5 Å². The highest BCUT2D eigenvalue weighted by molar-refractivity contribution is 7.46. The lowest BCUT2D eigenvalue weighted by molar-refractivity contribution is -0.116. The van der Waals surface area contributed by atoms with Crippen LogP contribution < -0.4 is 22.1 Å². The molecule has 32 heavy (non-hydrogen) atoms. The van der Waals surface area contributed by atoms with Crippen LogP contribution in [-0.2, 0) is 18.6 Å². The van der Waals surface area contributed by atoms with Gasteiger partial charge in [-0.2, -0.15) is 0 Å². The number of aliphatic hydroxyl groups excluding tert-OH is 1. The zero-order valence-corrected chi connectivity index (χ0v) is 18.5. The Morgan fingerprint density at radius 1 is 1.38 bits per heavy atom. The summed E-state index contributed by atoms with van der Waals surface area (Å²) in [5.74, 6) is -0.312. The molecule has 0 saturated carbocycles. The number of unbranched alkanes of at least 4 members (excludes halogenated alkanes) is 3. The van der Waals surface area contributed by atoms with Crippen molar-refractivity contribution < 1.29 is 38.3 Å². The van der Waals surface area contributed by atoms with Gasteiger partial charge < -0.3 is 41.7 Å². The lowest BCUT2D eigenvalue weighted by atomic mass is 10.1. The number of hydrogen-bond donors (Lipinski definition) is 7. The van der Waals surface area contributed by atoms with Crippen molar-refractivity contribution in [3.8, 4) is 0 Å². The summed E-state index contributed by atoms with van der Waals surface area (Å²) in [5, 5.41) is 14.7. The predicted molar refractivity (Wildman–Crippen MR) is 113 cm³/mol. The number of urea groups is 1. The molecular weight excluding hydrogens is 445 g/mol. The number of nitrogens with two attached hydrogens (primary N) is 2. The number of phosphoric ester groups is 1. The second-order valence-electron chi connectivity index (χ2n) is 7.47. The summed E-state index contributed by atoms with van der Waals surface area (Å²) in [5.41, 5.74) is 11.8. The van der Waals surface area contributed by atoms with E-state index in [1.54, 1.807) is 0 Å². The van der Waals surface area contributed by atoms with Gasteiger partial charge in [-0.25, -0.2) is 9.36 Å². The Morgan fingerprint density at radius 3 is 2.75 bits per heavy atom. The van der Waals surface area contributed by atoms with E-state index < -0.39 is 45.1 Å². The van der Waals surface area contributed by atoms with Crippen LogP contribution in [0.3, 0.4) is 0 Å². The van der Waals surface area contributed by atoms with Gasteiger partial charge in [0.1, 0.15) is 24.6 Å². The highest BCUT2D eigenvalue weighted by Crippen LogP contribution is 2.42. The Morgan fingerprint density at radius 2 is 2.09 bits per heavy atom. The topological polar surface area (TPSA) is 210 Å². The molecular formula is C18H32N5O8P. The molecule has 0 aromatic heterocycles. The maximum atomic E-state index is 12.4. The molecule has 4 atom stereocenters. The first-order chi connectivity index (χ1) is 15.1. The fourth-order valence-electron chi connectivity index (χ4n) is 3.34. The standard InChI is InChI=1S/C18H32N5O8P/c19-7-3-1-2-4-8-21-15(25)6-5-12-10-23(18(26)22-17(12)20)16-9-13(14(11-24)30-16)31-32(27,28)29/h5-6,10,13-14,16-17,24H,1-4,7-9,11,19-20H2,(H,21,25)(H,22,26)(H2,27,28,29)/b6-5+/t13?,14-,16-,17?/m1/s1. The van der Waals surface area contributed by atoms with Crippen molar-refractivity contribution >= 4 is 19.8 Å². The number of amides is 3. The van der Waals surface area contributed by atoms with Crippen molar-refractivity contribution in [2.45, 2.75) is 56.7 Å². The van der Waals surface area contributed by atoms with E-state index in [1.165, 1.54) is 18.4 Å². The molecule has 1 saturated heterocycles. The minimum absolute atomic E-state index is 0.0862. The Hall–Kier alpha value is -1.83. The van der Waals surface area contributed by atoms with Crippen molar-refractivity contribution in [2.75, 3.05) is 19.7 Å². The molecule has 2 rings (SSSR count). The fraction of sp³-hybridized carbons (Fsp3) is 0.667. The first-order valence-corrected chi connectivity index (χ1v) is 11.9. The molecule has 1 fully saturated rings. The summed E-state index contributed by atoms with van der Waals surface area (Å²) in [7, 11) is -4.82. The van der Waals surface area contributed by atoms with Gasteiger partial charge in [0.2, 0.25) is 5.91 Å². The third kappa shape index (κ3) is 8.26. The van der Waals surface area contributed by atoms with E-state index in [4.69, 9.17) is 26.0 Å². The minimum Gasteiger partial charge on any atom is -0.394 e. The molecule has 0 aromatic rings. The molecule has 3 amide bonds. The van der Waals surface area contributed by atoms with Crippen LogP contribution in [0.1, 0.15) is 32.1 Å². The van der Waals surface area contributed by atoms with Crippen LogP contribution >= 0.6 is 7.82 Å². The number of ether oxygens (including phenoxy) is 1. The van der Waals surface area contributed by atoms with Gasteiger partial charge in [-0.05, 0) is 25.5 Å². The molecule has 0 bridgehead atoms. The van der Waals surface area contributed by atoms with E-state index in [0.29, 0.717) is 18.7 Å². The predicted octanol–water partition coefficient (Wildman–Crippen LogP) is -1.04. The zero-order valence-electron chi connectivity index (χ0n) is 17.6. The van der Waals surface area contributed by atoms with Crippen molar-refractivity contribution in [3.05, 3.63) is 23.9 Å². The summed E-state index contributed by atoms with van der Waals surface area (Å²) in [6.45, 7) is 0.627. The van der Waals surface area contributed by atoms with E-state index in [-0.39, 0.29) is 12.3 Å². The second-order valence-corrected chi connectivity index (χ2v) is 8.66. The quantitative estimate of drug-likeness (QED) is 0.103. The van der Waals surface area contributed by atoms with Crippen LogP contribution in [0, 0.1) is 0 Å². The molecule has 0 aromatic carbocycles. The van der Waals surface area contributed by atoms with Gasteiger partial charge in [-0.1, -0.05) is 12.8 Å². The monoisotopic (exact) mass is 477 g/mol. The molecule has 13 nitrogen and oxygen atoms in total. The van der Waals surface area contributed by atoms with Gasteiger partial charge in [0, 0.05) is 30.8 Å².